The van der Waals surface area contributed by atoms with Crippen LogP contribution in [0.1, 0.15) is 12.8 Å². The van der Waals surface area contributed by atoms with Gasteiger partial charge in [-0.1, -0.05) is 0 Å². The van der Waals surface area contributed by atoms with E-state index in [1.807, 2.05) is 0 Å². The highest BCUT2D eigenvalue weighted by Gasteiger charge is 2.35. The molecular formula is C6H14N4O. The largest absolute Gasteiger partial charge is 0.396 e. The second-order valence-corrected chi connectivity index (χ2v) is 2.94. The van der Waals surface area contributed by atoms with E-state index in [1.165, 1.54) is 0 Å². The lowest BCUT2D eigenvalue weighted by atomic mass is 10.3. The Kier molecular flexibility index (Phi) is 2.06. The standard InChI is InChI=1S/C6H14N4O/c11-4-2-6-9-8-5-1-3-7-10(5)6/h5-9,11H,1-4H2. The summed E-state index contributed by atoms with van der Waals surface area (Å²) in [4.78, 5) is 0. The number of fused-ring (bicyclic) bond motifs is 1. The Morgan fingerprint density at radius 2 is 2.36 bits per heavy atom. The quantitative estimate of drug-likeness (QED) is 0.387. The first kappa shape index (κ1) is 7.45. The molecule has 4 N–H and O–H groups in total. The molecule has 0 aliphatic carbocycles. The molecule has 0 radical (unpaired) electrons. The van der Waals surface area contributed by atoms with Crippen LogP contribution in [0.4, 0.5) is 0 Å². The number of nitrogens with zero attached hydrogens (tertiary/aromatic N) is 1. The fourth-order valence-electron chi connectivity index (χ4n) is 1.64. The maximum atomic E-state index is 8.72. The Balaban J connectivity index is 1.92. The van der Waals surface area contributed by atoms with Crippen LogP contribution in [-0.2, 0) is 0 Å². The summed E-state index contributed by atoms with van der Waals surface area (Å²) in [5, 5.41) is 10.9. The fourth-order valence-corrected chi connectivity index (χ4v) is 1.64. The Hall–Kier alpha value is -0.200. The maximum Gasteiger partial charge on any atom is 0.0900 e. The number of hydrogen-bond donors (Lipinski definition) is 4. The zero-order valence-corrected chi connectivity index (χ0v) is 6.38. The van der Waals surface area contributed by atoms with Gasteiger partial charge in [-0.05, 0) is 6.42 Å². The average molecular weight is 158 g/mol. The Morgan fingerprint density at radius 1 is 1.45 bits per heavy atom. The maximum absolute atomic E-state index is 8.72. The van der Waals surface area contributed by atoms with E-state index in [-0.39, 0.29) is 12.8 Å². The van der Waals surface area contributed by atoms with Gasteiger partial charge in [-0.3, -0.25) is 5.43 Å². The van der Waals surface area contributed by atoms with Gasteiger partial charge >= 0.3 is 0 Å². The molecule has 11 heavy (non-hydrogen) atoms. The van der Waals surface area contributed by atoms with Gasteiger partial charge in [0.15, 0.2) is 0 Å². The zero-order chi connectivity index (χ0) is 7.68. The highest BCUT2D eigenvalue weighted by Crippen LogP contribution is 2.14. The van der Waals surface area contributed by atoms with Crippen molar-refractivity contribution in [1.82, 2.24) is 21.3 Å². The highest BCUT2D eigenvalue weighted by molar-refractivity contribution is 4.83. The molecule has 2 aliphatic heterocycles. The number of aliphatic hydroxyl groups excluding tert-OH is 1. The number of rotatable bonds is 2. The topological polar surface area (TPSA) is 59.6 Å². The molecule has 0 saturated carbocycles. The van der Waals surface area contributed by atoms with Crippen LogP contribution in [0.15, 0.2) is 0 Å². The van der Waals surface area contributed by atoms with Crippen molar-refractivity contribution < 1.29 is 5.11 Å². The van der Waals surface area contributed by atoms with Crippen LogP contribution < -0.4 is 16.3 Å². The minimum atomic E-state index is 0.226. The van der Waals surface area contributed by atoms with Crippen molar-refractivity contribution in [3.63, 3.8) is 0 Å². The van der Waals surface area contributed by atoms with Crippen molar-refractivity contribution in [3.05, 3.63) is 0 Å². The van der Waals surface area contributed by atoms with Crippen molar-refractivity contribution in [3.8, 4) is 0 Å². The molecule has 0 aromatic rings. The van der Waals surface area contributed by atoms with Crippen molar-refractivity contribution in [2.45, 2.75) is 25.2 Å². The Morgan fingerprint density at radius 3 is 3.18 bits per heavy atom. The van der Waals surface area contributed by atoms with Crippen LogP contribution in [0.5, 0.6) is 0 Å². The minimum absolute atomic E-state index is 0.226. The molecule has 2 unspecified atom stereocenters. The molecule has 5 heteroatoms. The summed E-state index contributed by atoms with van der Waals surface area (Å²) < 4.78 is 0. The van der Waals surface area contributed by atoms with Crippen LogP contribution in [-0.4, -0.2) is 35.6 Å². The van der Waals surface area contributed by atoms with E-state index in [1.54, 1.807) is 0 Å². The number of aliphatic hydroxyl groups is 1. The second kappa shape index (κ2) is 3.04. The van der Waals surface area contributed by atoms with Crippen LogP contribution in [0.3, 0.4) is 0 Å². The van der Waals surface area contributed by atoms with Crippen LogP contribution in [0.2, 0.25) is 0 Å². The predicted molar refractivity (Wildman–Crippen MR) is 40.0 cm³/mol. The molecule has 0 bridgehead atoms. The molecule has 5 nitrogen and oxygen atoms in total. The van der Waals surface area contributed by atoms with Crippen molar-refractivity contribution in [2.75, 3.05) is 13.2 Å². The lowest BCUT2D eigenvalue weighted by molar-refractivity contribution is 0.135. The molecule has 2 fully saturated rings. The molecule has 2 heterocycles. The van der Waals surface area contributed by atoms with Gasteiger partial charge in [0, 0.05) is 19.6 Å². The molecule has 0 amide bonds. The summed E-state index contributed by atoms with van der Waals surface area (Å²) in [5.41, 5.74) is 9.52. The van der Waals surface area contributed by atoms with Gasteiger partial charge in [0.1, 0.15) is 0 Å². The molecule has 64 valence electrons. The van der Waals surface area contributed by atoms with Gasteiger partial charge in [-0.25, -0.2) is 15.9 Å². The lowest BCUT2D eigenvalue weighted by Gasteiger charge is -2.20. The van der Waals surface area contributed by atoms with Crippen molar-refractivity contribution in [1.29, 1.82) is 0 Å². The number of nitrogens with one attached hydrogen (secondary N) is 3. The first-order valence-electron chi connectivity index (χ1n) is 4.05. The average Bonchev–Trinajstić information content (AvgIpc) is 2.53. The third-order valence-corrected chi connectivity index (χ3v) is 2.20. The van der Waals surface area contributed by atoms with Crippen LogP contribution in [0, 0.1) is 0 Å². The molecule has 0 aromatic carbocycles. The Labute approximate surface area is 65.7 Å². The molecule has 2 saturated heterocycles. The summed E-state index contributed by atoms with van der Waals surface area (Å²) in [7, 11) is 0. The third-order valence-electron chi connectivity index (χ3n) is 2.20. The predicted octanol–water partition coefficient (Wildman–Crippen LogP) is -1.66. The smallest absolute Gasteiger partial charge is 0.0900 e. The van der Waals surface area contributed by atoms with E-state index in [2.05, 4.69) is 21.3 Å². The summed E-state index contributed by atoms with van der Waals surface area (Å²) >= 11 is 0. The monoisotopic (exact) mass is 158 g/mol. The fraction of sp³-hybridized carbons (Fsp3) is 1.00. The molecule has 0 spiro atoms. The van der Waals surface area contributed by atoms with Gasteiger partial charge < -0.3 is 5.11 Å². The molecular weight excluding hydrogens is 144 g/mol. The highest BCUT2D eigenvalue weighted by atomic mass is 16.3. The van der Waals surface area contributed by atoms with Gasteiger partial charge in [0.25, 0.3) is 0 Å². The summed E-state index contributed by atoms with van der Waals surface area (Å²) in [6.45, 7) is 1.26. The second-order valence-electron chi connectivity index (χ2n) is 2.94. The van der Waals surface area contributed by atoms with Crippen LogP contribution >= 0.6 is 0 Å². The first-order chi connectivity index (χ1) is 5.42. The summed E-state index contributed by atoms with van der Waals surface area (Å²) in [5.74, 6) is 0. The number of hydrogen-bond acceptors (Lipinski definition) is 5. The summed E-state index contributed by atoms with van der Waals surface area (Å²) in [6, 6.07) is 0. The van der Waals surface area contributed by atoms with Crippen molar-refractivity contribution >= 4 is 0 Å². The van der Waals surface area contributed by atoms with Gasteiger partial charge in [0.2, 0.25) is 0 Å². The van der Waals surface area contributed by atoms with E-state index >= 15 is 0 Å². The SMILES string of the molecule is OCCC1NNC2CCNN12. The van der Waals surface area contributed by atoms with Gasteiger partial charge in [0.05, 0.1) is 12.3 Å². The first-order valence-corrected chi connectivity index (χ1v) is 4.05. The van der Waals surface area contributed by atoms with Gasteiger partial charge in [-0.2, -0.15) is 0 Å². The Bertz CT molecular complexity index is 141. The number of hydrazine groups is 2. The minimum Gasteiger partial charge on any atom is -0.396 e. The van der Waals surface area contributed by atoms with Gasteiger partial charge in [-0.15, -0.1) is 0 Å². The molecule has 0 aromatic heterocycles. The van der Waals surface area contributed by atoms with E-state index in [4.69, 9.17) is 5.11 Å². The van der Waals surface area contributed by atoms with E-state index < -0.39 is 0 Å². The normalized spacial score (nSPS) is 37.9. The van der Waals surface area contributed by atoms with E-state index in [0.717, 1.165) is 19.4 Å². The summed E-state index contributed by atoms with van der Waals surface area (Å²) in [6.07, 6.45) is 2.53. The van der Waals surface area contributed by atoms with Crippen molar-refractivity contribution in [2.24, 2.45) is 0 Å². The zero-order valence-electron chi connectivity index (χ0n) is 6.38. The molecule has 2 atom stereocenters. The molecule has 2 rings (SSSR count). The van der Waals surface area contributed by atoms with E-state index in [9.17, 15) is 0 Å². The van der Waals surface area contributed by atoms with E-state index in [0.29, 0.717) is 6.17 Å². The third kappa shape index (κ3) is 1.25. The molecule has 2 aliphatic rings. The lowest BCUT2D eigenvalue weighted by Crippen LogP contribution is -2.43. The van der Waals surface area contributed by atoms with Crippen LogP contribution in [0.25, 0.3) is 0 Å².